The lowest BCUT2D eigenvalue weighted by Gasteiger charge is -2.27. The van der Waals surface area contributed by atoms with E-state index in [4.69, 9.17) is 14.2 Å². The second kappa shape index (κ2) is 14.3. The first-order chi connectivity index (χ1) is 19.5. The monoisotopic (exact) mass is 557 g/mol. The Morgan fingerprint density at radius 2 is 1.80 bits per heavy atom. The van der Waals surface area contributed by atoms with Crippen LogP contribution in [0.4, 0.5) is 5.69 Å². The van der Waals surface area contributed by atoms with Gasteiger partial charge in [0.05, 0.1) is 63.5 Å². The van der Waals surface area contributed by atoms with Gasteiger partial charge in [0.1, 0.15) is 11.7 Å². The van der Waals surface area contributed by atoms with E-state index in [1.165, 1.54) is 0 Å². The minimum Gasteiger partial charge on any atom is -0.382 e. The molecule has 2 aromatic rings. The smallest absolute Gasteiger partial charge is 0.264 e. The van der Waals surface area contributed by atoms with Crippen molar-refractivity contribution in [1.29, 1.82) is 0 Å². The van der Waals surface area contributed by atoms with Gasteiger partial charge < -0.3 is 24.8 Å². The maximum atomic E-state index is 13.1. The summed E-state index contributed by atoms with van der Waals surface area (Å²) in [6.45, 7) is 3.52. The second-order valence-electron chi connectivity index (χ2n) is 8.92. The molecule has 1 saturated heterocycles. The number of piperidine rings is 1. The van der Waals surface area contributed by atoms with E-state index in [0.29, 0.717) is 77.1 Å². The summed E-state index contributed by atoms with van der Waals surface area (Å²) in [6, 6.07) is 3.88. The van der Waals surface area contributed by atoms with E-state index < -0.39 is 29.7 Å². The summed E-state index contributed by atoms with van der Waals surface area (Å²) in [4.78, 5) is 60.8. The van der Waals surface area contributed by atoms with E-state index in [0.717, 1.165) is 4.90 Å². The van der Waals surface area contributed by atoms with Gasteiger partial charge in [-0.25, -0.2) is 4.68 Å². The van der Waals surface area contributed by atoms with Crippen LogP contribution in [0.2, 0.25) is 0 Å². The lowest BCUT2D eigenvalue weighted by molar-refractivity contribution is -0.136. The summed E-state index contributed by atoms with van der Waals surface area (Å²) >= 11 is 0. The van der Waals surface area contributed by atoms with Crippen LogP contribution in [-0.4, -0.2) is 102 Å². The first kappa shape index (κ1) is 28.8. The number of fused-ring (bicyclic) bond motifs is 1. The topological polar surface area (TPSA) is 183 Å². The van der Waals surface area contributed by atoms with Crippen LogP contribution in [0.15, 0.2) is 24.4 Å². The van der Waals surface area contributed by atoms with Crippen molar-refractivity contribution in [3.8, 4) is 0 Å². The molecule has 40 heavy (non-hydrogen) atoms. The Bertz CT molecular complexity index is 1230. The molecule has 0 saturated carbocycles. The predicted octanol–water partition coefficient (Wildman–Crippen LogP) is -0.913. The highest BCUT2D eigenvalue weighted by atomic mass is 16.5. The van der Waals surface area contributed by atoms with Crippen LogP contribution in [0.25, 0.3) is 0 Å². The van der Waals surface area contributed by atoms with Crippen LogP contribution in [0.3, 0.4) is 0 Å². The largest absolute Gasteiger partial charge is 0.382 e. The number of nitrogens with zero attached hydrogens (tertiary/aromatic N) is 4. The lowest BCUT2D eigenvalue weighted by atomic mass is 10.0. The standard InChI is InChI=1S/C25H31N7O8/c33-16-26-6-9-40-15-17-14-31(30-29-17)8-11-39-13-12-38-10-7-27-19-3-1-2-18-22(19)25(37)32(24(18)36)20-4-5-21(34)28-23(20)35/h1-3,14,16,20,27H,4-13,15H2,(H,26,33)(H,28,34,35). The predicted molar refractivity (Wildman–Crippen MR) is 137 cm³/mol. The number of anilines is 1. The first-order valence-electron chi connectivity index (χ1n) is 12.9. The molecule has 3 N–H and O–H groups in total. The summed E-state index contributed by atoms with van der Waals surface area (Å²) in [5, 5.41) is 15.8. The molecule has 5 amide bonds. The Hall–Kier alpha value is -4.21. The molecule has 1 aromatic carbocycles. The maximum absolute atomic E-state index is 13.1. The highest BCUT2D eigenvalue weighted by Gasteiger charge is 2.45. The van der Waals surface area contributed by atoms with Gasteiger partial charge in [0.25, 0.3) is 11.8 Å². The van der Waals surface area contributed by atoms with Gasteiger partial charge in [0, 0.05) is 25.2 Å². The number of amides is 5. The second-order valence-corrected chi connectivity index (χ2v) is 8.92. The number of carbonyl (C=O) groups excluding carboxylic acids is 5. The molecule has 0 aliphatic carbocycles. The summed E-state index contributed by atoms with van der Waals surface area (Å²) in [7, 11) is 0. The van der Waals surface area contributed by atoms with Crippen molar-refractivity contribution >= 4 is 35.7 Å². The molecule has 15 heteroatoms. The zero-order chi connectivity index (χ0) is 28.3. The molecule has 1 aromatic heterocycles. The zero-order valence-electron chi connectivity index (χ0n) is 21.8. The SMILES string of the molecule is O=CNCCOCc1cn(CCOCCOCCNc2cccc3c2C(=O)N(C2CCC(=O)NC2=O)C3=O)nn1. The van der Waals surface area contributed by atoms with Gasteiger partial charge in [-0.2, -0.15) is 0 Å². The van der Waals surface area contributed by atoms with Crippen LogP contribution in [-0.2, 0) is 41.7 Å². The molecule has 1 unspecified atom stereocenters. The summed E-state index contributed by atoms with van der Waals surface area (Å²) in [5.74, 6) is -2.18. The highest BCUT2D eigenvalue weighted by molar-refractivity contribution is 6.25. The Morgan fingerprint density at radius 3 is 2.60 bits per heavy atom. The van der Waals surface area contributed by atoms with Crippen LogP contribution < -0.4 is 16.0 Å². The van der Waals surface area contributed by atoms with Crippen molar-refractivity contribution in [2.24, 2.45) is 0 Å². The molecule has 1 fully saturated rings. The van der Waals surface area contributed by atoms with Crippen molar-refractivity contribution in [2.45, 2.75) is 32.0 Å². The Balaban J connectivity index is 1.12. The van der Waals surface area contributed by atoms with Gasteiger partial charge in [-0.15, -0.1) is 5.10 Å². The molecule has 2 aliphatic heterocycles. The van der Waals surface area contributed by atoms with Crippen molar-refractivity contribution in [3.63, 3.8) is 0 Å². The average Bonchev–Trinajstić information content (AvgIpc) is 3.50. The van der Waals surface area contributed by atoms with E-state index in [1.807, 2.05) is 0 Å². The number of carbonyl (C=O) groups is 5. The number of aromatic nitrogens is 3. The summed E-state index contributed by atoms with van der Waals surface area (Å²) in [6.07, 6.45) is 2.55. The van der Waals surface area contributed by atoms with Gasteiger partial charge >= 0.3 is 0 Å². The zero-order valence-corrected chi connectivity index (χ0v) is 21.8. The molecule has 15 nitrogen and oxygen atoms in total. The Morgan fingerprint density at radius 1 is 1.00 bits per heavy atom. The van der Waals surface area contributed by atoms with Crippen molar-refractivity contribution in [1.82, 2.24) is 30.5 Å². The Labute approximate surface area is 229 Å². The maximum Gasteiger partial charge on any atom is 0.264 e. The summed E-state index contributed by atoms with van der Waals surface area (Å²) in [5.41, 5.74) is 1.58. The summed E-state index contributed by atoms with van der Waals surface area (Å²) < 4.78 is 18.2. The minimum absolute atomic E-state index is 0.0655. The van der Waals surface area contributed by atoms with Crippen LogP contribution in [0.5, 0.6) is 0 Å². The molecule has 1 atom stereocenters. The van der Waals surface area contributed by atoms with E-state index in [2.05, 4.69) is 26.3 Å². The molecule has 2 aliphatic rings. The number of hydrogen-bond acceptors (Lipinski definition) is 11. The molecule has 3 heterocycles. The highest BCUT2D eigenvalue weighted by Crippen LogP contribution is 2.32. The van der Waals surface area contributed by atoms with Crippen molar-refractivity contribution < 1.29 is 38.2 Å². The third-order valence-corrected chi connectivity index (χ3v) is 6.18. The molecular formula is C25H31N7O8. The van der Waals surface area contributed by atoms with Gasteiger partial charge in [0.15, 0.2) is 0 Å². The fraction of sp³-hybridized carbons (Fsp3) is 0.480. The third-order valence-electron chi connectivity index (χ3n) is 6.18. The lowest BCUT2D eigenvalue weighted by Crippen LogP contribution is -2.54. The van der Waals surface area contributed by atoms with Crippen molar-refractivity contribution in [2.75, 3.05) is 51.4 Å². The minimum atomic E-state index is -1.01. The van der Waals surface area contributed by atoms with Crippen LogP contribution >= 0.6 is 0 Å². The third kappa shape index (κ3) is 7.25. The van der Waals surface area contributed by atoms with Gasteiger partial charge in [0.2, 0.25) is 18.2 Å². The van der Waals surface area contributed by atoms with Gasteiger partial charge in [-0.05, 0) is 18.6 Å². The number of imide groups is 2. The van der Waals surface area contributed by atoms with E-state index in [-0.39, 0.29) is 24.0 Å². The van der Waals surface area contributed by atoms with Crippen molar-refractivity contribution in [3.05, 3.63) is 41.2 Å². The molecule has 0 radical (unpaired) electrons. The first-order valence-corrected chi connectivity index (χ1v) is 12.9. The van der Waals surface area contributed by atoms with Gasteiger partial charge in [-0.3, -0.25) is 34.2 Å². The molecule has 214 valence electrons. The molecule has 0 spiro atoms. The van der Waals surface area contributed by atoms with Crippen LogP contribution in [0.1, 0.15) is 39.3 Å². The van der Waals surface area contributed by atoms with E-state index in [1.54, 1.807) is 29.1 Å². The molecule has 0 bridgehead atoms. The van der Waals surface area contributed by atoms with Gasteiger partial charge in [-0.1, -0.05) is 11.3 Å². The Kier molecular flexibility index (Phi) is 10.3. The number of nitrogens with one attached hydrogen (secondary N) is 3. The average molecular weight is 558 g/mol. The number of benzene rings is 1. The van der Waals surface area contributed by atoms with Crippen LogP contribution in [0, 0.1) is 0 Å². The number of rotatable bonds is 17. The quantitative estimate of drug-likeness (QED) is 0.124. The molecular weight excluding hydrogens is 526 g/mol. The van der Waals surface area contributed by atoms with E-state index in [9.17, 15) is 24.0 Å². The number of hydrogen-bond donors (Lipinski definition) is 3. The number of ether oxygens (including phenoxy) is 3. The van der Waals surface area contributed by atoms with E-state index >= 15 is 0 Å². The fourth-order valence-corrected chi connectivity index (χ4v) is 4.28. The molecule has 4 rings (SSSR count). The normalized spacial score (nSPS) is 16.7. The fourth-order valence-electron chi connectivity index (χ4n) is 4.28.